The normalized spacial score (nSPS) is 29.0. The topological polar surface area (TPSA) is 12.5 Å². The Morgan fingerprint density at radius 2 is 2.11 bits per heavy atom. The quantitative estimate of drug-likeness (QED) is 0.821. The average Bonchev–Trinajstić information content (AvgIpc) is 2.48. The molecule has 1 aliphatic heterocycles. The number of nitrogens with zero attached hydrogens (tertiary/aromatic N) is 1. The summed E-state index contributed by atoms with van der Waals surface area (Å²) in [6, 6.07) is 3.21. The van der Waals surface area contributed by atoms with Crippen LogP contribution in [0.25, 0.3) is 0 Å². The molecular formula is C16H24ClNO. The Morgan fingerprint density at radius 3 is 2.74 bits per heavy atom. The summed E-state index contributed by atoms with van der Waals surface area (Å²) in [6.45, 7) is -0.207. The van der Waals surface area contributed by atoms with Crippen molar-refractivity contribution in [3.8, 4) is 5.75 Å². The molecule has 0 bridgehead atoms. The van der Waals surface area contributed by atoms with Crippen LogP contribution in [0.2, 0.25) is 5.02 Å². The summed E-state index contributed by atoms with van der Waals surface area (Å²) in [5.41, 5.74) is 0.832. The van der Waals surface area contributed by atoms with Crippen LogP contribution in [0.4, 0.5) is 0 Å². The Bertz CT molecular complexity index is 662. The summed E-state index contributed by atoms with van der Waals surface area (Å²) < 4.78 is 55.3. The zero-order chi connectivity index (χ0) is 19.4. The lowest BCUT2D eigenvalue weighted by molar-refractivity contribution is 0.207. The van der Waals surface area contributed by atoms with Crippen LogP contribution in [0.1, 0.15) is 53.0 Å². The van der Waals surface area contributed by atoms with Gasteiger partial charge in [0.15, 0.2) is 0 Å². The maximum absolute atomic E-state index is 8.61. The predicted molar refractivity (Wildman–Crippen MR) is 81.2 cm³/mol. The van der Waals surface area contributed by atoms with E-state index in [0.29, 0.717) is 0 Å². The van der Waals surface area contributed by atoms with Crippen molar-refractivity contribution in [3.05, 3.63) is 28.3 Å². The van der Waals surface area contributed by atoms with Gasteiger partial charge in [-0.25, -0.2) is 0 Å². The van der Waals surface area contributed by atoms with Crippen LogP contribution in [0.3, 0.4) is 0 Å². The Hall–Kier alpha value is -0.730. The third kappa shape index (κ3) is 3.64. The van der Waals surface area contributed by atoms with Crippen molar-refractivity contribution in [2.45, 2.75) is 40.1 Å². The monoisotopic (exact) mass is 287 g/mol. The lowest BCUT2D eigenvalue weighted by Gasteiger charge is -2.21. The number of hydrogen-bond donors (Lipinski definition) is 0. The van der Waals surface area contributed by atoms with E-state index in [4.69, 9.17) is 24.6 Å². The summed E-state index contributed by atoms with van der Waals surface area (Å²) in [5.74, 6) is -0.142. The maximum Gasteiger partial charge on any atom is 0.142 e. The highest BCUT2D eigenvalue weighted by atomic mass is 35.5. The first-order chi connectivity index (χ1) is 11.2. The highest BCUT2D eigenvalue weighted by Gasteiger charge is 2.19. The van der Waals surface area contributed by atoms with Crippen LogP contribution in [0.5, 0.6) is 5.75 Å². The number of halogens is 1. The van der Waals surface area contributed by atoms with Gasteiger partial charge >= 0.3 is 0 Å². The van der Waals surface area contributed by atoms with E-state index in [-0.39, 0.29) is 34.7 Å². The molecule has 0 aromatic heterocycles. The van der Waals surface area contributed by atoms with Crippen LogP contribution in [-0.2, 0) is 6.50 Å². The number of fused-ring (bicyclic) bond motifs is 1. The number of hydrogen-bond acceptors (Lipinski definition) is 2. The Balaban J connectivity index is 2.79. The first-order valence-corrected chi connectivity index (χ1v) is 6.90. The molecule has 0 atom stereocenters. The second kappa shape index (κ2) is 6.15. The minimum Gasteiger partial charge on any atom is -0.490 e. The highest BCUT2D eigenvalue weighted by molar-refractivity contribution is 6.32. The fourth-order valence-electron chi connectivity index (χ4n) is 1.89. The van der Waals surface area contributed by atoms with Gasteiger partial charge in [0, 0.05) is 30.6 Å². The summed E-state index contributed by atoms with van der Waals surface area (Å²) in [4.78, 5) is 0.900. The summed E-state index contributed by atoms with van der Waals surface area (Å²) >= 11 is 6.27. The van der Waals surface area contributed by atoms with Crippen molar-refractivity contribution in [2.75, 3.05) is 19.6 Å². The smallest absolute Gasteiger partial charge is 0.142 e. The van der Waals surface area contributed by atoms with E-state index in [1.165, 1.54) is 0 Å². The van der Waals surface area contributed by atoms with Gasteiger partial charge in [-0.15, -0.1) is 0 Å². The SMILES string of the molecule is [2H]C1([2H])c2cc(C(C)C)cc(Cl)c2OC([2H])([2H])C([2H])([2H])N1CC(C)C. The van der Waals surface area contributed by atoms with Crippen molar-refractivity contribution in [2.24, 2.45) is 5.92 Å². The molecule has 1 aromatic carbocycles. The molecule has 0 radical (unpaired) electrons. The standard InChI is InChI=1S/C16H24ClNO/c1-11(2)9-18-5-6-19-16-14(10-18)7-13(12(3)4)8-15(16)17/h7-8,11-12H,5-6,9-10H2,1-4H3/i5D2,6D2,10D2. The lowest BCUT2D eigenvalue weighted by atomic mass is 10.00. The fourth-order valence-corrected chi connectivity index (χ4v) is 2.16. The van der Waals surface area contributed by atoms with Gasteiger partial charge in [-0.2, -0.15) is 0 Å². The Morgan fingerprint density at radius 1 is 1.37 bits per heavy atom. The average molecular weight is 288 g/mol. The molecule has 106 valence electrons. The molecule has 0 amide bonds. The highest BCUT2D eigenvalue weighted by Crippen LogP contribution is 2.35. The van der Waals surface area contributed by atoms with E-state index in [1.54, 1.807) is 12.1 Å². The molecule has 1 heterocycles. The molecule has 1 aromatic rings. The largest absolute Gasteiger partial charge is 0.490 e. The van der Waals surface area contributed by atoms with Gasteiger partial charge in [0.1, 0.15) is 12.3 Å². The third-order valence-corrected chi connectivity index (χ3v) is 3.15. The van der Waals surface area contributed by atoms with Crippen molar-refractivity contribution in [3.63, 3.8) is 0 Å². The molecule has 2 rings (SSSR count). The second-order valence-electron chi connectivity index (χ2n) is 5.47. The molecule has 3 heteroatoms. The molecule has 0 N–H and O–H groups in total. The van der Waals surface area contributed by atoms with E-state index < -0.39 is 19.6 Å². The number of benzene rings is 1. The zero-order valence-corrected chi connectivity index (χ0v) is 12.5. The number of rotatable bonds is 3. The molecular weight excluding hydrogens is 258 g/mol. The van der Waals surface area contributed by atoms with Gasteiger partial charge in [0.25, 0.3) is 0 Å². The molecule has 2 nitrogen and oxygen atoms in total. The third-order valence-electron chi connectivity index (χ3n) is 2.87. The van der Waals surface area contributed by atoms with Gasteiger partial charge in [-0.3, -0.25) is 4.90 Å². The van der Waals surface area contributed by atoms with Crippen molar-refractivity contribution in [1.82, 2.24) is 4.90 Å². The lowest BCUT2D eigenvalue weighted by Crippen LogP contribution is -2.29. The summed E-state index contributed by atoms with van der Waals surface area (Å²) in [7, 11) is 0. The van der Waals surface area contributed by atoms with Gasteiger partial charge < -0.3 is 4.74 Å². The van der Waals surface area contributed by atoms with Crippen LogP contribution >= 0.6 is 11.6 Å². The molecule has 0 saturated carbocycles. The molecule has 0 saturated heterocycles. The van der Waals surface area contributed by atoms with E-state index in [1.807, 2.05) is 27.7 Å². The summed E-state index contributed by atoms with van der Waals surface area (Å²) in [6.07, 6.45) is 0. The van der Waals surface area contributed by atoms with Crippen LogP contribution < -0.4 is 4.74 Å². The van der Waals surface area contributed by atoms with Gasteiger partial charge in [0.2, 0.25) is 0 Å². The minimum atomic E-state index is -2.77. The Kier molecular flexibility index (Phi) is 2.76. The molecule has 0 fully saturated rings. The first-order valence-electron chi connectivity index (χ1n) is 9.52. The molecule has 0 unspecified atom stereocenters. The van der Waals surface area contributed by atoms with E-state index in [0.717, 1.165) is 10.5 Å². The number of ether oxygens (including phenoxy) is 1. The minimum absolute atomic E-state index is 0.0197. The van der Waals surface area contributed by atoms with E-state index in [2.05, 4.69) is 0 Å². The van der Waals surface area contributed by atoms with Gasteiger partial charge in [-0.1, -0.05) is 45.4 Å². The van der Waals surface area contributed by atoms with Crippen LogP contribution in [0.15, 0.2) is 12.1 Å². The predicted octanol–water partition coefficient (Wildman–Crippen LogP) is 4.31. The van der Waals surface area contributed by atoms with Gasteiger partial charge in [-0.05, 0) is 23.5 Å². The fraction of sp³-hybridized carbons (Fsp3) is 0.625. The van der Waals surface area contributed by atoms with Crippen molar-refractivity contribution >= 4 is 11.6 Å². The molecule has 19 heavy (non-hydrogen) atoms. The Labute approximate surface area is 130 Å². The maximum atomic E-state index is 8.61. The van der Waals surface area contributed by atoms with E-state index >= 15 is 0 Å². The molecule has 1 aliphatic rings. The van der Waals surface area contributed by atoms with E-state index in [9.17, 15) is 0 Å². The zero-order valence-electron chi connectivity index (χ0n) is 17.7. The van der Waals surface area contributed by atoms with Crippen molar-refractivity contribution < 1.29 is 13.0 Å². The first kappa shape index (κ1) is 8.53. The van der Waals surface area contributed by atoms with Gasteiger partial charge in [0.05, 0.1) is 7.76 Å². The second-order valence-corrected chi connectivity index (χ2v) is 5.87. The van der Waals surface area contributed by atoms with Crippen LogP contribution in [-0.4, -0.2) is 24.5 Å². The van der Waals surface area contributed by atoms with Crippen LogP contribution in [0, 0.1) is 5.92 Å². The molecule has 0 aliphatic carbocycles. The summed E-state index contributed by atoms with van der Waals surface area (Å²) in [5, 5.41) is 0.0798. The van der Waals surface area contributed by atoms with Crippen molar-refractivity contribution in [1.29, 1.82) is 0 Å². The molecule has 0 spiro atoms.